The first-order valence-corrected chi connectivity index (χ1v) is 6.74. The van der Waals surface area contributed by atoms with Crippen LogP contribution in [0.4, 0.5) is 0 Å². The molecular weight excluding hydrogens is 230 g/mol. The fourth-order valence-corrected chi connectivity index (χ4v) is 2.23. The van der Waals surface area contributed by atoms with Crippen molar-refractivity contribution in [3.05, 3.63) is 0 Å². The zero-order valence-corrected chi connectivity index (χ0v) is 12.1. The first-order chi connectivity index (χ1) is 8.47. The molecule has 1 rings (SSSR count). The molecular formula is C13H27N3O2. The van der Waals surface area contributed by atoms with Crippen molar-refractivity contribution in [2.24, 2.45) is 11.7 Å². The van der Waals surface area contributed by atoms with Gasteiger partial charge < -0.3 is 15.4 Å². The molecule has 1 fully saturated rings. The van der Waals surface area contributed by atoms with Crippen LogP contribution in [0.5, 0.6) is 0 Å². The Balaban J connectivity index is 2.47. The largest absolute Gasteiger partial charge is 0.383 e. The number of amides is 1. The highest BCUT2D eigenvalue weighted by molar-refractivity contribution is 5.82. The molecule has 1 aliphatic heterocycles. The van der Waals surface area contributed by atoms with Gasteiger partial charge in [0.2, 0.25) is 5.91 Å². The molecule has 2 N–H and O–H groups in total. The number of nitrogens with zero attached hydrogens (tertiary/aromatic N) is 2. The fourth-order valence-electron chi connectivity index (χ4n) is 2.23. The predicted octanol–water partition coefficient (Wildman–Crippen LogP) is 0.149. The number of nitrogens with two attached hydrogens (primary N) is 1. The van der Waals surface area contributed by atoms with Crippen LogP contribution in [0, 0.1) is 5.92 Å². The highest BCUT2D eigenvalue weighted by Crippen LogP contribution is 2.12. The Morgan fingerprint density at radius 2 is 2.11 bits per heavy atom. The molecule has 106 valence electrons. The maximum absolute atomic E-state index is 12.2. The van der Waals surface area contributed by atoms with Crippen molar-refractivity contribution in [1.29, 1.82) is 0 Å². The monoisotopic (exact) mass is 257 g/mol. The Kier molecular flexibility index (Phi) is 6.05. The summed E-state index contributed by atoms with van der Waals surface area (Å²) in [5.41, 5.74) is 5.93. The minimum Gasteiger partial charge on any atom is -0.383 e. The van der Waals surface area contributed by atoms with Crippen LogP contribution in [0.1, 0.15) is 20.8 Å². The molecule has 0 aliphatic carbocycles. The molecule has 0 saturated carbocycles. The normalized spacial score (nSPS) is 23.4. The molecule has 5 heteroatoms. The summed E-state index contributed by atoms with van der Waals surface area (Å²) in [6.45, 7) is 10.2. The first kappa shape index (κ1) is 15.4. The van der Waals surface area contributed by atoms with E-state index in [1.807, 2.05) is 18.7 Å². The van der Waals surface area contributed by atoms with Gasteiger partial charge in [0, 0.05) is 39.3 Å². The Hall–Kier alpha value is -0.650. The number of piperazine rings is 1. The second kappa shape index (κ2) is 7.07. The summed E-state index contributed by atoms with van der Waals surface area (Å²) < 4.78 is 5.09. The molecule has 0 aromatic rings. The third-order valence-electron chi connectivity index (χ3n) is 3.66. The minimum atomic E-state index is -0.372. The topological polar surface area (TPSA) is 58.8 Å². The average Bonchev–Trinajstić information content (AvgIpc) is 2.35. The van der Waals surface area contributed by atoms with Gasteiger partial charge in [0.15, 0.2) is 0 Å². The predicted molar refractivity (Wildman–Crippen MR) is 72.3 cm³/mol. The van der Waals surface area contributed by atoms with Gasteiger partial charge in [0.25, 0.3) is 0 Å². The van der Waals surface area contributed by atoms with E-state index < -0.39 is 0 Å². The molecule has 1 aliphatic rings. The van der Waals surface area contributed by atoms with E-state index in [9.17, 15) is 4.79 Å². The van der Waals surface area contributed by atoms with Crippen molar-refractivity contribution in [1.82, 2.24) is 9.80 Å². The summed E-state index contributed by atoms with van der Waals surface area (Å²) in [7, 11) is 1.71. The van der Waals surface area contributed by atoms with Crippen LogP contribution in [-0.4, -0.2) is 67.7 Å². The van der Waals surface area contributed by atoms with E-state index in [1.165, 1.54) is 0 Å². The molecule has 1 unspecified atom stereocenters. The standard InChI is InChI=1S/C13H27N3O2/c1-10(2)12(14)13(17)16-6-5-15(7-8-18-4)11(3)9-16/h10-12H,5-9,14H2,1-4H3/t11?,12-/m0/s1. The van der Waals surface area contributed by atoms with Crippen molar-refractivity contribution in [3.63, 3.8) is 0 Å². The highest BCUT2D eigenvalue weighted by atomic mass is 16.5. The molecule has 1 heterocycles. The fraction of sp³-hybridized carbons (Fsp3) is 0.923. The van der Waals surface area contributed by atoms with E-state index in [1.54, 1.807) is 7.11 Å². The number of rotatable bonds is 5. The molecule has 0 spiro atoms. The average molecular weight is 257 g/mol. The van der Waals surface area contributed by atoms with Gasteiger partial charge >= 0.3 is 0 Å². The second-order valence-electron chi connectivity index (χ2n) is 5.43. The van der Waals surface area contributed by atoms with Crippen LogP contribution < -0.4 is 5.73 Å². The zero-order valence-electron chi connectivity index (χ0n) is 12.1. The van der Waals surface area contributed by atoms with E-state index >= 15 is 0 Å². The van der Waals surface area contributed by atoms with Crippen molar-refractivity contribution in [2.75, 3.05) is 39.9 Å². The van der Waals surface area contributed by atoms with E-state index in [-0.39, 0.29) is 17.9 Å². The first-order valence-electron chi connectivity index (χ1n) is 6.74. The zero-order chi connectivity index (χ0) is 13.7. The van der Waals surface area contributed by atoms with Gasteiger partial charge in [-0.25, -0.2) is 0 Å². The summed E-state index contributed by atoms with van der Waals surface area (Å²) in [6, 6.07) is -0.0000580. The Bertz CT molecular complexity index is 271. The lowest BCUT2D eigenvalue weighted by Crippen LogP contribution is -2.57. The summed E-state index contributed by atoms with van der Waals surface area (Å²) in [6.07, 6.45) is 0. The van der Waals surface area contributed by atoms with Gasteiger partial charge in [-0.3, -0.25) is 9.69 Å². The lowest BCUT2D eigenvalue weighted by molar-refractivity contribution is -0.136. The van der Waals surface area contributed by atoms with Crippen molar-refractivity contribution in [2.45, 2.75) is 32.9 Å². The Morgan fingerprint density at radius 3 is 2.61 bits per heavy atom. The molecule has 0 bridgehead atoms. The van der Waals surface area contributed by atoms with Crippen molar-refractivity contribution >= 4 is 5.91 Å². The van der Waals surface area contributed by atoms with Crippen LogP contribution in [0.3, 0.4) is 0 Å². The minimum absolute atomic E-state index is 0.0863. The summed E-state index contributed by atoms with van der Waals surface area (Å²) >= 11 is 0. The number of carbonyl (C=O) groups excluding carboxylic acids is 1. The van der Waals surface area contributed by atoms with Crippen LogP contribution in [0.15, 0.2) is 0 Å². The van der Waals surface area contributed by atoms with E-state index in [2.05, 4.69) is 11.8 Å². The smallest absolute Gasteiger partial charge is 0.239 e. The van der Waals surface area contributed by atoms with Gasteiger partial charge in [-0.2, -0.15) is 0 Å². The summed E-state index contributed by atoms with van der Waals surface area (Å²) in [5.74, 6) is 0.280. The molecule has 0 radical (unpaired) electrons. The lowest BCUT2D eigenvalue weighted by atomic mass is 10.0. The van der Waals surface area contributed by atoms with Crippen LogP contribution in [-0.2, 0) is 9.53 Å². The van der Waals surface area contributed by atoms with E-state index in [0.717, 1.165) is 32.8 Å². The molecule has 1 amide bonds. The van der Waals surface area contributed by atoms with E-state index in [0.29, 0.717) is 6.04 Å². The van der Waals surface area contributed by atoms with Gasteiger partial charge in [-0.05, 0) is 12.8 Å². The molecule has 5 nitrogen and oxygen atoms in total. The third kappa shape index (κ3) is 3.93. The number of hydrogen-bond acceptors (Lipinski definition) is 4. The van der Waals surface area contributed by atoms with Crippen LogP contribution >= 0.6 is 0 Å². The van der Waals surface area contributed by atoms with Crippen LogP contribution in [0.2, 0.25) is 0 Å². The van der Waals surface area contributed by atoms with Gasteiger partial charge in [0.05, 0.1) is 12.6 Å². The second-order valence-corrected chi connectivity index (χ2v) is 5.43. The number of ether oxygens (including phenoxy) is 1. The number of hydrogen-bond donors (Lipinski definition) is 1. The molecule has 1 saturated heterocycles. The van der Waals surface area contributed by atoms with Crippen LogP contribution in [0.25, 0.3) is 0 Å². The maximum atomic E-state index is 12.2. The lowest BCUT2D eigenvalue weighted by Gasteiger charge is -2.40. The van der Waals surface area contributed by atoms with Gasteiger partial charge in [-0.1, -0.05) is 13.8 Å². The van der Waals surface area contributed by atoms with Crippen molar-refractivity contribution < 1.29 is 9.53 Å². The quantitative estimate of drug-likeness (QED) is 0.761. The van der Waals surface area contributed by atoms with Gasteiger partial charge in [-0.15, -0.1) is 0 Å². The molecule has 2 atom stereocenters. The Labute approximate surface area is 110 Å². The third-order valence-corrected chi connectivity index (χ3v) is 3.66. The Morgan fingerprint density at radius 1 is 1.44 bits per heavy atom. The highest BCUT2D eigenvalue weighted by Gasteiger charge is 2.29. The number of methoxy groups -OCH3 is 1. The van der Waals surface area contributed by atoms with E-state index in [4.69, 9.17) is 10.5 Å². The SMILES string of the molecule is COCCN1CCN(C(=O)[C@@H](N)C(C)C)CC1C. The molecule has 0 aromatic heterocycles. The van der Waals surface area contributed by atoms with Gasteiger partial charge in [0.1, 0.15) is 0 Å². The molecule has 0 aromatic carbocycles. The summed E-state index contributed by atoms with van der Waals surface area (Å²) in [5, 5.41) is 0. The van der Waals surface area contributed by atoms with Crippen molar-refractivity contribution in [3.8, 4) is 0 Å². The number of carbonyl (C=O) groups is 1. The summed E-state index contributed by atoms with van der Waals surface area (Å²) in [4.78, 5) is 16.4. The molecule has 18 heavy (non-hydrogen) atoms. The maximum Gasteiger partial charge on any atom is 0.239 e.